The molecule has 101 heavy (non-hydrogen) atoms. The number of phosphoric acid groups is 3. The zero-order chi connectivity index (χ0) is 72.9. The smallest absolute Gasteiger partial charge is 0.790 e. The van der Waals surface area contributed by atoms with Crippen LogP contribution in [-0.4, -0.2) is 54.5 Å². The van der Waals surface area contributed by atoms with Crippen LogP contribution in [0.5, 0.6) is 0 Å². The average molecular weight is 1520 g/mol. The van der Waals surface area contributed by atoms with Crippen molar-refractivity contribution in [1.29, 1.82) is 0 Å². The molecule has 0 aromatic rings. The first-order chi connectivity index (χ1) is 48.2. The van der Waals surface area contributed by atoms with E-state index in [2.05, 4.69) is 34.3 Å². The quantitative estimate of drug-likeness (QED) is 0.0316. The van der Waals surface area contributed by atoms with Gasteiger partial charge in [-0.25, -0.2) is 0 Å². The van der Waals surface area contributed by atoms with Crippen LogP contribution in [0.25, 0.3) is 0 Å². The summed E-state index contributed by atoms with van der Waals surface area (Å²) in [6, 6.07) is 0. The van der Waals surface area contributed by atoms with Crippen molar-refractivity contribution in [3.63, 3.8) is 0 Å². The molecular weight excluding hydrogens is 1350 g/mol. The van der Waals surface area contributed by atoms with E-state index in [0.29, 0.717) is 19.3 Å². The predicted molar refractivity (Wildman–Crippen MR) is 429 cm³/mol. The Morgan fingerprint density at radius 2 is 0.218 bits per heavy atom. The molecule has 12 nitrogen and oxygen atoms in total. The molecule has 0 aliphatic rings. The maximum Gasteiger partial charge on any atom is 3.00 e. The minimum absolute atomic E-state index is 0. The number of hydrogen-bond acceptors (Lipinski definition) is 12. The van der Waals surface area contributed by atoms with E-state index in [9.17, 15) is 43.1 Å². The van der Waals surface area contributed by atoms with Crippen molar-refractivity contribution >= 4 is 58.2 Å². The van der Waals surface area contributed by atoms with Crippen molar-refractivity contribution in [3.8, 4) is 0 Å². The minimum atomic E-state index is -4.77. The third-order valence-electron chi connectivity index (χ3n) is 20.2. The zero-order valence-corrected chi connectivity index (χ0v) is 72.7. The largest absolute Gasteiger partial charge is 3.00 e. The topological polar surface area (TPSA) is 217 Å². The molecular formula is C84H171Al2O12P3. The van der Waals surface area contributed by atoms with Crippen LogP contribution >= 0.6 is 23.5 Å². The molecule has 17 heteroatoms. The van der Waals surface area contributed by atoms with Gasteiger partial charge in [-0.15, -0.1) is 0 Å². The molecule has 0 heterocycles. The van der Waals surface area contributed by atoms with Crippen LogP contribution in [0.3, 0.4) is 0 Å². The second-order valence-electron chi connectivity index (χ2n) is 30.4. The van der Waals surface area contributed by atoms with Crippen LogP contribution in [-0.2, 0) is 27.3 Å². The molecule has 0 radical (unpaired) electrons. The van der Waals surface area contributed by atoms with Gasteiger partial charge in [-0.1, -0.05) is 502 Å². The van der Waals surface area contributed by atoms with Gasteiger partial charge in [-0.3, -0.25) is 0 Å². The van der Waals surface area contributed by atoms with Gasteiger partial charge in [0, 0.05) is 0 Å². The van der Waals surface area contributed by atoms with E-state index < -0.39 is 23.5 Å². The molecule has 0 saturated heterocycles. The fourth-order valence-corrected chi connectivity index (χ4v) is 14.8. The first-order valence-electron chi connectivity index (χ1n) is 44.2. The van der Waals surface area contributed by atoms with Gasteiger partial charge in [0.05, 0.1) is 43.3 Å². The molecule has 600 valence electrons. The summed E-state index contributed by atoms with van der Waals surface area (Å²) in [6.07, 6.45) is 105. The third-order valence-corrected chi connectivity index (χ3v) is 21.7. The normalized spacial score (nSPS) is 11.7. The van der Waals surface area contributed by atoms with Crippen LogP contribution in [0.4, 0.5) is 0 Å². The van der Waals surface area contributed by atoms with Crippen molar-refractivity contribution in [1.82, 2.24) is 0 Å². The van der Waals surface area contributed by atoms with Crippen molar-refractivity contribution in [2.45, 2.75) is 522 Å². The summed E-state index contributed by atoms with van der Waals surface area (Å²) in [7, 11) is -14.3. The van der Waals surface area contributed by atoms with Gasteiger partial charge in [0.25, 0.3) is 0 Å². The number of hydrogen-bond donors (Lipinski definition) is 0. The fraction of sp³-hybridized carbons (Fsp3) is 1.00. The Morgan fingerprint density at radius 1 is 0.149 bits per heavy atom. The van der Waals surface area contributed by atoms with Crippen molar-refractivity contribution < 1.29 is 56.6 Å². The Kier molecular flexibility index (Phi) is 105. The van der Waals surface area contributed by atoms with E-state index in [1.807, 2.05) is 0 Å². The summed E-state index contributed by atoms with van der Waals surface area (Å²) in [5, 5.41) is 0. The van der Waals surface area contributed by atoms with E-state index in [1.54, 1.807) is 0 Å². The van der Waals surface area contributed by atoms with E-state index in [0.717, 1.165) is 38.5 Å². The second-order valence-corrected chi connectivity index (χ2v) is 33.8. The molecule has 0 aliphatic heterocycles. The monoisotopic (exact) mass is 1520 g/mol. The summed E-state index contributed by atoms with van der Waals surface area (Å²) in [5.74, 6) is 0. The van der Waals surface area contributed by atoms with Crippen molar-refractivity contribution in [2.24, 2.45) is 0 Å². The van der Waals surface area contributed by atoms with Crippen LogP contribution in [0.1, 0.15) is 522 Å². The van der Waals surface area contributed by atoms with Gasteiger partial charge in [-0.2, -0.15) is 0 Å². The molecule has 0 N–H and O–H groups in total. The molecule has 0 saturated carbocycles. The maximum atomic E-state index is 10.3. The molecule has 0 aliphatic carbocycles. The second kappa shape index (κ2) is 95.6. The summed E-state index contributed by atoms with van der Waals surface area (Å²) in [5.41, 5.74) is 0. The molecule has 0 unspecified atom stereocenters. The van der Waals surface area contributed by atoms with Crippen LogP contribution < -0.4 is 29.4 Å². The Morgan fingerprint density at radius 3 is 0.287 bits per heavy atom. The molecule has 0 aromatic heterocycles. The van der Waals surface area contributed by atoms with Gasteiger partial charge in [0.15, 0.2) is 0 Å². The summed E-state index contributed by atoms with van der Waals surface area (Å²) >= 11 is 0. The molecule has 0 aromatic carbocycles. The summed E-state index contributed by atoms with van der Waals surface area (Å²) in [6.45, 7) is 7.00. The van der Waals surface area contributed by atoms with Crippen LogP contribution in [0.2, 0.25) is 0 Å². The number of phosphoric ester groups is 3. The summed E-state index contributed by atoms with van der Waals surface area (Å²) < 4.78 is 43.7. The molecule has 0 amide bonds. The zero-order valence-electron chi connectivity index (χ0n) is 67.7. The standard InChI is InChI=1S/3C28H59O4P.2Al/c3*1-2-3-4-5-6-7-8-9-10-11-12-13-14-15-16-17-18-19-20-21-22-23-24-25-26-27-28-32-33(29,30)31;;/h3*2-28H2,1H3,(H2,29,30,31);;/q;;;2*+3/p-6. The fourth-order valence-electron chi connectivity index (χ4n) is 13.8. The molecule has 0 spiro atoms. The molecule has 0 bridgehead atoms. The molecule has 0 fully saturated rings. The first-order valence-corrected chi connectivity index (χ1v) is 48.6. The van der Waals surface area contributed by atoms with Gasteiger partial charge in [0.2, 0.25) is 0 Å². The Bertz CT molecular complexity index is 1430. The van der Waals surface area contributed by atoms with E-state index in [-0.39, 0.29) is 54.5 Å². The van der Waals surface area contributed by atoms with Gasteiger partial charge >= 0.3 is 34.7 Å². The van der Waals surface area contributed by atoms with Crippen LogP contribution in [0, 0.1) is 0 Å². The average Bonchev–Trinajstić information content (AvgIpc) is 3.36. The molecule has 0 atom stereocenters. The van der Waals surface area contributed by atoms with Crippen molar-refractivity contribution in [3.05, 3.63) is 0 Å². The van der Waals surface area contributed by atoms with Gasteiger partial charge < -0.3 is 56.6 Å². The maximum absolute atomic E-state index is 10.3. The van der Waals surface area contributed by atoms with Crippen LogP contribution in [0.15, 0.2) is 0 Å². The SMILES string of the molecule is CCCCCCCCCCCCCCCCCCCCCCCCCCCCOP(=O)([O-])[O-].CCCCCCCCCCCCCCCCCCCCCCCCCCCCOP(=O)([O-])[O-].CCCCCCCCCCCCCCCCCCCCCCCCCCCCOP(=O)([O-])[O-].[Al+3].[Al+3]. The van der Waals surface area contributed by atoms with Gasteiger partial charge in [-0.05, 0) is 19.3 Å². The predicted octanol–water partition coefficient (Wildman–Crippen LogP) is 26.2. The Hall–Kier alpha value is 1.39. The van der Waals surface area contributed by atoms with E-state index in [4.69, 9.17) is 0 Å². The Balaban J connectivity index is -0.000000452. The van der Waals surface area contributed by atoms with Gasteiger partial charge in [0.1, 0.15) is 0 Å². The number of unbranched alkanes of at least 4 members (excludes halogenated alkanes) is 75. The minimum Gasteiger partial charge on any atom is -0.790 e. The molecule has 0 rings (SSSR count). The summed E-state index contributed by atoms with van der Waals surface area (Å²) in [4.78, 5) is 61.9. The first kappa shape index (κ1) is 111. The third kappa shape index (κ3) is 120. The Labute approximate surface area is 652 Å². The number of rotatable bonds is 84. The van der Waals surface area contributed by atoms with Crippen molar-refractivity contribution in [2.75, 3.05) is 19.8 Å². The van der Waals surface area contributed by atoms with E-state index >= 15 is 0 Å². The van der Waals surface area contributed by atoms with E-state index in [1.165, 1.54) is 443 Å².